The highest BCUT2D eigenvalue weighted by atomic mass is 15.2. The Labute approximate surface area is 153 Å². The van der Waals surface area contributed by atoms with Crippen molar-refractivity contribution in [3.63, 3.8) is 0 Å². The van der Waals surface area contributed by atoms with Crippen LogP contribution in [0.25, 0.3) is 17.1 Å². The highest BCUT2D eigenvalue weighted by Gasteiger charge is 2.16. The van der Waals surface area contributed by atoms with Gasteiger partial charge in [-0.25, -0.2) is 4.98 Å². The molecule has 1 aliphatic heterocycles. The highest BCUT2D eigenvalue weighted by molar-refractivity contribution is 5.91. The van der Waals surface area contributed by atoms with E-state index in [2.05, 4.69) is 51.0 Å². The third kappa shape index (κ3) is 3.12. The monoisotopic (exact) mass is 340 g/mol. The number of allylic oxidation sites excluding steroid dienone is 1. The number of hydrogen-bond acceptors (Lipinski definition) is 3. The van der Waals surface area contributed by atoms with E-state index < -0.39 is 0 Å². The van der Waals surface area contributed by atoms with Crippen molar-refractivity contribution in [3.05, 3.63) is 77.6 Å². The van der Waals surface area contributed by atoms with Gasteiger partial charge >= 0.3 is 0 Å². The summed E-state index contributed by atoms with van der Waals surface area (Å²) in [5, 5.41) is 10.2. The second kappa shape index (κ2) is 6.89. The van der Waals surface area contributed by atoms with Gasteiger partial charge in [-0.15, -0.1) is 0 Å². The van der Waals surface area contributed by atoms with Crippen LogP contribution in [0.4, 0.5) is 5.69 Å². The molecule has 0 unspecified atom stereocenters. The summed E-state index contributed by atoms with van der Waals surface area (Å²) in [5.74, 6) is 0. The number of nitriles is 1. The Balaban J connectivity index is 1.51. The van der Waals surface area contributed by atoms with Crippen LogP contribution in [0.2, 0.25) is 0 Å². The molecule has 0 aliphatic carbocycles. The van der Waals surface area contributed by atoms with Gasteiger partial charge < -0.3 is 9.47 Å². The summed E-state index contributed by atoms with van der Waals surface area (Å²) in [7, 11) is 2.04. The zero-order valence-corrected chi connectivity index (χ0v) is 14.8. The van der Waals surface area contributed by atoms with Crippen LogP contribution < -0.4 is 4.90 Å². The minimum Gasteiger partial charge on any atom is -0.366 e. The maximum atomic E-state index is 9.00. The molecule has 0 fully saturated rings. The Morgan fingerprint density at radius 2 is 2.12 bits per heavy atom. The summed E-state index contributed by atoms with van der Waals surface area (Å²) >= 11 is 0. The fourth-order valence-electron chi connectivity index (χ4n) is 3.41. The fourth-order valence-corrected chi connectivity index (χ4v) is 3.41. The molecule has 4 rings (SSSR count). The third-order valence-corrected chi connectivity index (χ3v) is 4.80. The molecule has 1 aromatic carbocycles. The van der Waals surface area contributed by atoms with Gasteiger partial charge in [0.05, 0.1) is 17.3 Å². The lowest BCUT2D eigenvalue weighted by molar-refractivity contribution is 0.800. The fraction of sp³-hybridized carbons (Fsp3) is 0.182. The zero-order chi connectivity index (χ0) is 17.9. The molecule has 0 saturated heterocycles. The van der Waals surface area contributed by atoms with Crippen molar-refractivity contribution in [3.8, 4) is 6.07 Å². The molecule has 0 spiro atoms. The summed E-state index contributed by atoms with van der Waals surface area (Å²) in [6, 6.07) is 14.0. The average Bonchev–Trinajstić information content (AvgIpc) is 3.04. The number of fused-ring (bicyclic) bond motifs is 1. The minimum atomic E-state index is 0.695. The number of benzene rings is 1. The second-order valence-corrected chi connectivity index (χ2v) is 6.55. The molecular weight excluding hydrogens is 320 g/mol. The summed E-state index contributed by atoms with van der Waals surface area (Å²) in [6.45, 7) is 1.88. The Kier molecular flexibility index (Phi) is 4.28. The van der Waals surface area contributed by atoms with Gasteiger partial charge in [-0.05, 0) is 41.8 Å². The second-order valence-electron chi connectivity index (χ2n) is 6.55. The van der Waals surface area contributed by atoms with Crippen molar-refractivity contribution in [2.24, 2.45) is 7.05 Å². The van der Waals surface area contributed by atoms with Crippen LogP contribution in [-0.4, -0.2) is 22.6 Å². The largest absolute Gasteiger partial charge is 0.366 e. The molecular formula is C22H20N4. The van der Waals surface area contributed by atoms with Gasteiger partial charge in [-0.1, -0.05) is 30.4 Å². The number of aryl methyl sites for hydroxylation is 1. The first-order valence-electron chi connectivity index (χ1n) is 8.77. The van der Waals surface area contributed by atoms with Crippen LogP contribution in [0.3, 0.4) is 0 Å². The number of aromatic nitrogens is 2. The lowest BCUT2D eigenvalue weighted by atomic mass is 10.0. The Hall–Kier alpha value is -3.32. The summed E-state index contributed by atoms with van der Waals surface area (Å²) in [5.41, 5.74) is 5.36. The molecule has 2 aromatic heterocycles. The summed E-state index contributed by atoms with van der Waals surface area (Å²) in [4.78, 5) is 6.88. The van der Waals surface area contributed by atoms with Crippen molar-refractivity contribution in [2.45, 2.75) is 6.42 Å². The van der Waals surface area contributed by atoms with Gasteiger partial charge in [-0.2, -0.15) is 5.26 Å². The highest BCUT2D eigenvalue weighted by Crippen LogP contribution is 2.29. The summed E-state index contributed by atoms with van der Waals surface area (Å²) < 4.78 is 2.09. The van der Waals surface area contributed by atoms with E-state index in [1.54, 1.807) is 0 Å². The van der Waals surface area contributed by atoms with Gasteiger partial charge in [0, 0.05) is 37.9 Å². The Morgan fingerprint density at radius 3 is 2.92 bits per heavy atom. The Morgan fingerprint density at radius 1 is 1.19 bits per heavy atom. The van der Waals surface area contributed by atoms with E-state index in [4.69, 9.17) is 5.26 Å². The standard InChI is InChI=1S/C22H20N4/c1-25-16-21(20-6-3-11-24-22(20)25)26-12-9-17(10-13-26)7-8-18-4-2-5-19(14-18)15-23/h2-9,11,14,16H,10,12-13H2,1H3/b8-7+. The lowest BCUT2D eigenvalue weighted by Crippen LogP contribution is -2.28. The van der Waals surface area contributed by atoms with Crippen LogP contribution >= 0.6 is 0 Å². The van der Waals surface area contributed by atoms with Gasteiger partial charge in [0.25, 0.3) is 0 Å². The van der Waals surface area contributed by atoms with E-state index in [9.17, 15) is 0 Å². The molecule has 26 heavy (non-hydrogen) atoms. The molecule has 3 heterocycles. The lowest BCUT2D eigenvalue weighted by Gasteiger charge is -2.27. The smallest absolute Gasteiger partial charge is 0.141 e. The van der Waals surface area contributed by atoms with Crippen LogP contribution in [0, 0.1) is 11.3 Å². The van der Waals surface area contributed by atoms with Crippen LogP contribution in [0.5, 0.6) is 0 Å². The Bertz CT molecular complexity index is 1050. The van der Waals surface area contributed by atoms with Gasteiger partial charge in [0.2, 0.25) is 0 Å². The predicted molar refractivity (Wildman–Crippen MR) is 106 cm³/mol. The molecule has 4 nitrogen and oxygen atoms in total. The number of pyridine rings is 1. The van der Waals surface area contributed by atoms with E-state index in [-0.39, 0.29) is 0 Å². The van der Waals surface area contributed by atoms with Crippen molar-refractivity contribution in [2.75, 3.05) is 18.0 Å². The topological polar surface area (TPSA) is 44.9 Å². The number of nitrogens with zero attached hydrogens (tertiary/aromatic N) is 4. The first-order chi connectivity index (χ1) is 12.7. The molecule has 0 amide bonds. The first kappa shape index (κ1) is 16.2. The van der Waals surface area contributed by atoms with Gasteiger partial charge in [0.1, 0.15) is 5.65 Å². The third-order valence-electron chi connectivity index (χ3n) is 4.80. The van der Waals surface area contributed by atoms with E-state index in [1.807, 2.05) is 43.6 Å². The van der Waals surface area contributed by atoms with Crippen molar-refractivity contribution >= 4 is 22.8 Å². The molecule has 0 atom stereocenters. The van der Waals surface area contributed by atoms with Crippen LogP contribution in [-0.2, 0) is 7.05 Å². The van der Waals surface area contributed by atoms with Crippen molar-refractivity contribution < 1.29 is 0 Å². The normalized spacial score (nSPS) is 14.6. The molecule has 128 valence electrons. The van der Waals surface area contributed by atoms with E-state index >= 15 is 0 Å². The SMILES string of the molecule is Cn1cc(N2CC=C(/C=C/c3cccc(C#N)c3)CC2)c2cccnc21. The zero-order valence-electron chi connectivity index (χ0n) is 14.8. The quantitative estimate of drug-likeness (QED) is 0.714. The molecule has 4 heteroatoms. The number of rotatable bonds is 3. The molecule has 1 aliphatic rings. The predicted octanol–water partition coefficient (Wildman–Crippen LogP) is 4.29. The number of anilines is 1. The van der Waals surface area contributed by atoms with E-state index in [0.717, 1.165) is 30.7 Å². The number of hydrogen-bond donors (Lipinski definition) is 0. The van der Waals surface area contributed by atoms with Crippen LogP contribution in [0.1, 0.15) is 17.5 Å². The summed E-state index contributed by atoms with van der Waals surface area (Å²) in [6.07, 6.45) is 11.5. The van der Waals surface area contributed by atoms with Crippen molar-refractivity contribution in [1.82, 2.24) is 9.55 Å². The molecule has 0 bridgehead atoms. The van der Waals surface area contributed by atoms with Crippen molar-refractivity contribution in [1.29, 1.82) is 5.26 Å². The maximum Gasteiger partial charge on any atom is 0.141 e. The molecule has 3 aromatic rings. The maximum absolute atomic E-state index is 9.00. The first-order valence-corrected chi connectivity index (χ1v) is 8.77. The van der Waals surface area contributed by atoms with Crippen LogP contribution in [0.15, 0.2) is 66.5 Å². The van der Waals surface area contributed by atoms with E-state index in [0.29, 0.717) is 5.56 Å². The van der Waals surface area contributed by atoms with Gasteiger partial charge in [-0.3, -0.25) is 0 Å². The molecule has 0 N–H and O–H groups in total. The minimum absolute atomic E-state index is 0.695. The average molecular weight is 340 g/mol. The molecule has 0 saturated carbocycles. The molecule has 0 radical (unpaired) electrons. The van der Waals surface area contributed by atoms with Gasteiger partial charge in [0.15, 0.2) is 0 Å². The van der Waals surface area contributed by atoms with E-state index in [1.165, 1.54) is 16.6 Å².